The molecular weight excluding hydrogens is 288 g/mol. The van der Waals surface area contributed by atoms with Crippen LogP contribution in [0.3, 0.4) is 0 Å². The first-order valence-electron chi connectivity index (χ1n) is 6.49. The number of hydrogen-bond donors (Lipinski definition) is 1. The highest BCUT2D eigenvalue weighted by molar-refractivity contribution is 7.09. The van der Waals surface area contributed by atoms with Crippen LogP contribution < -0.4 is 5.32 Å². The Morgan fingerprint density at radius 1 is 1.52 bits per heavy atom. The zero-order chi connectivity index (χ0) is 15.2. The van der Waals surface area contributed by atoms with Crippen LogP contribution in [0.1, 0.15) is 23.2 Å². The quantitative estimate of drug-likeness (QED) is 0.653. The Morgan fingerprint density at radius 3 is 2.95 bits per heavy atom. The summed E-state index contributed by atoms with van der Waals surface area (Å²) in [6.07, 6.45) is 1.71. The van der Waals surface area contributed by atoms with Crippen molar-refractivity contribution in [2.24, 2.45) is 0 Å². The van der Waals surface area contributed by atoms with E-state index in [1.807, 2.05) is 11.4 Å². The zero-order valence-corrected chi connectivity index (χ0v) is 12.3. The number of nitriles is 1. The van der Waals surface area contributed by atoms with Gasteiger partial charge in [-0.25, -0.2) is 4.98 Å². The number of hydrogen-bond acceptors (Lipinski definition) is 6. The van der Waals surface area contributed by atoms with Crippen molar-refractivity contribution in [1.82, 2.24) is 4.98 Å². The Labute approximate surface area is 126 Å². The fraction of sp³-hybridized carbons (Fsp3) is 0.286. The number of thiazole rings is 1. The first-order valence-corrected chi connectivity index (χ1v) is 7.37. The van der Waals surface area contributed by atoms with Gasteiger partial charge in [-0.2, -0.15) is 5.26 Å². The van der Waals surface area contributed by atoms with Gasteiger partial charge in [0.2, 0.25) is 0 Å². The number of nitro benzene ring substituents is 1. The molecule has 0 spiro atoms. The van der Waals surface area contributed by atoms with Crippen molar-refractivity contribution in [2.45, 2.75) is 19.8 Å². The largest absolute Gasteiger partial charge is 0.385 e. The van der Waals surface area contributed by atoms with E-state index in [1.54, 1.807) is 17.4 Å². The summed E-state index contributed by atoms with van der Waals surface area (Å²) < 4.78 is 0. The summed E-state index contributed by atoms with van der Waals surface area (Å²) in [6, 6.07) is 6.30. The second-order valence-electron chi connectivity index (χ2n) is 4.36. The summed E-state index contributed by atoms with van der Waals surface area (Å²) in [6.45, 7) is 2.73. The van der Waals surface area contributed by atoms with Crippen molar-refractivity contribution in [3.05, 3.63) is 50.0 Å². The lowest BCUT2D eigenvalue weighted by Gasteiger charge is -2.05. The highest BCUT2D eigenvalue weighted by Crippen LogP contribution is 2.21. The van der Waals surface area contributed by atoms with Crippen LogP contribution >= 0.6 is 11.3 Å². The molecule has 21 heavy (non-hydrogen) atoms. The molecule has 7 heteroatoms. The molecule has 6 nitrogen and oxygen atoms in total. The van der Waals surface area contributed by atoms with Crippen LogP contribution in [0.4, 0.5) is 11.4 Å². The Kier molecular flexibility index (Phi) is 4.85. The minimum atomic E-state index is -0.552. The molecule has 0 saturated heterocycles. The molecule has 2 aromatic rings. The van der Waals surface area contributed by atoms with Gasteiger partial charge in [-0.05, 0) is 18.6 Å². The molecule has 0 radical (unpaired) electrons. The van der Waals surface area contributed by atoms with Gasteiger partial charge in [-0.3, -0.25) is 10.1 Å². The number of benzene rings is 1. The second-order valence-corrected chi connectivity index (χ2v) is 5.31. The Balaban J connectivity index is 1.97. The predicted octanol–water partition coefficient (Wildman–Crippen LogP) is 3.14. The third-order valence-corrected chi connectivity index (χ3v) is 3.97. The lowest BCUT2D eigenvalue weighted by molar-refractivity contribution is -0.385. The highest BCUT2D eigenvalue weighted by Gasteiger charge is 2.13. The number of nitro groups is 1. The van der Waals surface area contributed by atoms with Crippen molar-refractivity contribution in [3.63, 3.8) is 0 Å². The van der Waals surface area contributed by atoms with Crippen LogP contribution in [-0.2, 0) is 12.8 Å². The molecule has 108 valence electrons. The van der Waals surface area contributed by atoms with Crippen molar-refractivity contribution in [1.29, 1.82) is 5.26 Å². The molecule has 0 aliphatic rings. The lowest BCUT2D eigenvalue weighted by Crippen LogP contribution is -2.05. The van der Waals surface area contributed by atoms with E-state index in [2.05, 4.69) is 17.2 Å². The summed E-state index contributed by atoms with van der Waals surface area (Å²) in [5, 5.41) is 26.0. The van der Waals surface area contributed by atoms with Gasteiger partial charge in [0.05, 0.1) is 15.6 Å². The Hall–Kier alpha value is -2.46. The van der Waals surface area contributed by atoms with Crippen LogP contribution in [0.25, 0.3) is 0 Å². The first-order chi connectivity index (χ1) is 10.1. The number of nitrogens with one attached hydrogen (secondary N) is 1. The minimum absolute atomic E-state index is 0.0620. The van der Waals surface area contributed by atoms with E-state index < -0.39 is 4.92 Å². The SMILES string of the molecule is CCc1nc(CCNc2ccc([N+](=O)[O-])c(C#N)c2)cs1. The van der Waals surface area contributed by atoms with E-state index in [-0.39, 0.29) is 11.3 Å². The average Bonchev–Trinajstić information content (AvgIpc) is 2.94. The van der Waals surface area contributed by atoms with E-state index in [0.717, 1.165) is 23.5 Å². The molecule has 0 fully saturated rings. The molecule has 0 amide bonds. The Bertz CT molecular complexity index is 691. The smallest absolute Gasteiger partial charge is 0.287 e. The third-order valence-electron chi connectivity index (χ3n) is 2.93. The van der Waals surface area contributed by atoms with Crippen molar-refractivity contribution < 1.29 is 4.92 Å². The van der Waals surface area contributed by atoms with Gasteiger partial charge < -0.3 is 5.32 Å². The second kappa shape index (κ2) is 6.81. The van der Waals surface area contributed by atoms with Gasteiger partial charge in [0.1, 0.15) is 11.6 Å². The maximum atomic E-state index is 10.7. The zero-order valence-electron chi connectivity index (χ0n) is 11.5. The fourth-order valence-corrected chi connectivity index (χ4v) is 2.64. The van der Waals surface area contributed by atoms with E-state index in [9.17, 15) is 10.1 Å². The maximum Gasteiger partial charge on any atom is 0.287 e. The predicted molar refractivity (Wildman–Crippen MR) is 81.5 cm³/mol. The molecular formula is C14H14N4O2S. The normalized spacial score (nSPS) is 10.1. The monoisotopic (exact) mass is 302 g/mol. The maximum absolute atomic E-state index is 10.7. The van der Waals surface area contributed by atoms with Gasteiger partial charge in [0, 0.05) is 30.1 Å². The summed E-state index contributed by atoms with van der Waals surface area (Å²) >= 11 is 1.65. The van der Waals surface area contributed by atoms with Gasteiger partial charge in [-0.1, -0.05) is 6.92 Å². The molecule has 1 N–H and O–H groups in total. The number of anilines is 1. The molecule has 2 rings (SSSR count). The number of aryl methyl sites for hydroxylation is 1. The minimum Gasteiger partial charge on any atom is -0.385 e. The molecule has 0 bridgehead atoms. The highest BCUT2D eigenvalue weighted by atomic mass is 32.1. The fourth-order valence-electron chi connectivity index (χ4n) is 1.86. The van der Waals surface area contributed by atoms with E-state index in [1.165, 1.54) is 12.1 Å². The van der Waals surface area contributed by atoms with Crippen LogP contribution in [0, 0.1) is 21.4 Å². The van der Waals surface area contributed by atoms with Crippen LogP contribution in [0.15, 0.2) is 23.6 Å². The van der Waals surface area contributed by atoms with Crippen molar-refractivity contribution >= 4 is 22.7 Å². The summed E-state index contributed by atoms with van der Waals surface area (Å²) in [5.74, 6) is 0. The summed E-state index contributed by atoms with van der Waals surface area (Å²) in [7, 11) is 0. The van der Waals surface area contributed by atoms with Gasteiger partial charge in [0.15, 0.2) is 0 Å². The summed E-state index contributed by atoms with van der Waals surface area (Å²) in [4.78, 5) is 14.7. The molecule has 0 unspecified atom stereocenters. The van der Waals surface area contributed by atoms with Crippen LogP contribution in [0.5, 0.6) is 0 Å². The molecule has 1 aromatic carbocycles. The third kappa shape index (κ3) is 3.77. The van der Waals surface area contributed by atoms with E-state index in [4.69, 9.17) is 5.26 Å². The van der Waals surface area contributed by atoms with Gasteiger partial charge in [-0.15, -0.1) is 11.3 Å². The molecule has 0 saturated carbocycles. The Morgan fingerprint density at radius 2 is 2.33 bits per heavy atom. The molecule has 1 heterocycles. The van der Waals surface area contributed by atoms with E-state index >= 15 is 0 Å². The average molecular weight is 302 g/mol. The van der Waals surface area contributed by atoms with E-state index in [0.29, 0.717) is 12.2 Å². The standard InChI is InChI=1S/C14H14N4O2S/c1-2-14-17-12(9-21-14)5-6-16-11-3-4-13(18(19)20)10(7-11)8-15/h3-4,7,9,16H,2,5-6H2,1H3. The van der Waals surface area contributed by atoms with Gasteiger partial charge in [0.25, 0.3) is 5.69 Å². The van der Waals surface area contributed by atoms with Crippen molar-refractivity contribution in [2.75, 3.05) is 11.9 Å². The van der Waals surface area contributed by atoms with Crippen molar-refractivity contribution in [3.8, 4) is 6.07 Å². The van der Waals surface area contributed by atoms with Crippen LogP contribution in [0.2, 0.25) is 0 Å². The lowest BCUT2D eigenvalue weighted by atomic mass is 10.1. The molecule has 1 aromatic heterocycles. The first kappa shape index (κ1) is 14.9. The van der Waals surface area contributed by atoms with Crippen LogP contribution in [-0.4, -0.2) is 16.5 Å². The molecule has 0 aliphatic carbocycles. The number of rotatable bonds is 6. The summed E-state index contributed by atoms with van der Waals surface area (Å²) in [5.41, 5.74) is 1.62. The molecule has 0 atom stereocenters. The topological polar surface area (TPSA) is 91.8 Å². The molecule has 0 aliphatic heterocycles. The van der Waals surface area contributed by atoms with Gasteiger partial charge >= 0.3 is 0 Å². The number of nitrogens with zero attached hydrogens (tertiary/aromatic N) is 3. The number of aromatic nitrogens is 1.